The highest BCUT2D eigenvalue weighted by molar-refractivity contribution is 6.33. The molecule has 3 aromatic rings. The maximum atomic E-state index is 15.0. The van der Waals surface area contributed by atoms with Crippen molar-refractivity contribution in [3.63, 3.8) is 0 Å². The Morgan fingerprint density at radius 1 is 1.06 bits per heavy atom. The molecule has 2 aromatic carbocycles. The summed E-state index contributed by atoms with van der Waals surface area (Å²) >= 11 is 12.5. The van der Waals surface area contributed by atoms with Crippen LogP contribution in [-0.2, 0) is 30.8 Å². The summed E-state index contributed by atoms with van der Waals surface area (Å²) < 4.78 is 45.3. The maximum absolute atomic E-state index is 15.0. The smallest absolute Gasteiger partial charge is 0.417 e. The normalized spacial score (nSPS) is 27.5. The second-order valence-corrected chi connectivity index (χ2v) is 13.5. The number of amides is 4. The average Bonchev–Trinajstić information content (AvgIpc) is 3.49. The summed E-state index contributed by atoms with van der Waals surface area (Å²) in [5.74, 6) is -6.63. The number of nitrogens with zero attached hydrogens (tertiary/aromatic N) is 2. The minimum absolute atomic E-state index is 0.00459. The maximum Gasteiger partial charge on any atom is 0.417 e. The number of methoxy groups -OCH3 is 1. The van der Waals surface area contributed by atoms with E-state index in [0.717, 1.165) is 5.01 Å². The van der Waals surface area contributed by atoms with Gasteiger partial charge in [0.2, 0.25) is 11.8 Å². The number of aromatic nitrogens is 1. The van der Waals surface area contributed by atoms with Crippen LogP contribution in [0.4, 0.5) is 19.0 Å². The Morgan fingerprint density at radius 3 is 2.48 bits per heavy atom. The van der Waals surface area contributed by atoms with E-state index < -0.39 is 75.4 Å². The monoisotopic (exact) mass is 726 g/mol. The fourth-order valence-electron chi connectivity index (χ4n) is 7.95. The lowest BCUT2D eigenvalue weighted by Crippen LogP contribution is -2.54. The number of hydrazine groups is 1. The molecular weight excluding hydrogens is 700 g/mol. The van der Waals surface area contributed by atoms with Crippen LogP contribution in [0.1, 0.15) is 29.5 Å². The number of benzene rings is 2. The number of anilines is 1. The Bertz CT molecular complexity index is 2020. The number of hydrogen-bond acceptors (Lipinski definition) is 8. The number of imide groups is 2. The molecule has 2 saturated heterocycles. The van der Waals surface area contributed by atoms with E-state index in [1.54, 1.807) is 48.6 Å². The van der Waals surface area contributed by atoms with E-state index >= 15 is 0 Å². The van der Waals surface area contributed by atoms with Crippen molar-refractivity contribution in [3.8, 4) is 11.5 Å². The summed E-state index contributed by atoms with van der Waals surface area (Å²) in [6.45, 7) is 0. The van der Waals surface area contributed by atoms with Crippen molar-refractivity contribution in [1.82, 2.24) is 15.3 Å². The number of carbonyl (C=O) groups excluding carboxylic acids is 4. The first-order valence-corrected chi connectivity index (χ1v) is 16.2. The van der Waals surface area contributed by atoms with Crippen LogP contribution in [0.5, 0.6) is 11.5 Å². The second kappa shape index (κ2) is 12.2. The topological polar surface area (TPSA) is 138 Å². The molecule has 4 aliphatic rings. The van der Waals surface area contributed by atoms with Crippen LogP contribution in [0.25, 0.3) is 6.08 Å². The molecule has 4 amide bonds. The van der Waals surface area contributed by atoms with Gasteiger partial charge in [0.05, 0.1) is 40.9 Å². The first-order valence-electron chi connectivity index (χ1n) is 15.5. The van der Waals surface area contributed by atoms with Gasteiger partial charge in [-0.3, -0.25) is 29.9 Å². The summed E-state index contributed by atoms with van der Waals surface area (Å²) in [5.41, 5.74) is 1.50. The number of phenols is 1. The highest BCUT2D eigenvalue weighted by Gasteiger charge is 2.69. The molecule has 50 heavy (non-hydrogen) atoms. The zero-order chi connectivity index (χ0) is 35.7. The van der Waals surface area contributed by atoms with Gasteiger partial charge in [0.25, 0.3) is 11.8 Å². The fourth-order valence-corrected chi connectivity index (χ4v) is 8.28. The van der Waals surface area contributed by atoms with Gasteiger partial charge in [0, 0.05) is 17.1 Å². The lowest BCUT2D eigenvalue weighted by molar-refractivity contribution is -0.139. The van der Waals surface area contributed by atoms with Crippen LogP contribution in [0.2, 0.25) is 10.0 Å². The summed E-state index contributed by atoms with van der Waals surface area (Å²) in [7, 11) is 1.40. The summed E-state index contributed by atoms with van der Waals surface area (Å²) in [4.78, 5) is 59.3. The third-order valence-electron chi connectivity index (χ3n) is 10.1. The average molecular weight is 728 g/mol. The van der Waals surface area contributed by atoms with Crippen LogP contribution >= 0.6 is 23.2 Å². The Hall–Kier alpha value is -4.88. The molecule has 10 nitrogen and oxygen atoms in total. The highest BCUT2D eigenvalue weighted by atomic mass is 35.5. The van der Waals surface area contributed by atoms with Crippen LogP contribution in [0, 0.1) is 29.6 Å². The van der Waals surface area contributed by atoms with Gasteiger partial charge in [0.15, 0.2) is 17.3 Å². The number of hydrogen-bond donors (Lipinski definition) is 3. The molecule has 258 valence electrons. The molecule has 3 N–H and O–H groups in total. The van der Waals surface area contributed by atoms with Gasteiger partial charge in [-0.2, -0.15) is 18.2 Å². The number of halogens is 5. The van der Waals surface area contributed by atoms with E-state index in [2.05, 4.69) is 15.7 Å². The van der Waals surface area contributed by atoms with Gasteiger partial charge in [-0.1, -0.05) is 65.2 Å². The van der Waals surface area contributed by atoms with E-state index in [9.17, 15) is 37.5 Å². The van der Waals surface area contributed by atoms with Crippen LogP contribution < -0.4 is 15.5 Å². The Kier molecular flexibility index (Phi) is 8.18. The molecule has 3 fully saturated rings. The minimum Gasteiger partial charge on any atom is -0.504 e. The predicted octanol–water partition coefficient (Wildman–Crippen LogP) is 5.94. The largest absolute Gasteiger partial charge is 0.504 e. The van der Waals surface area contributed by atoms with E-state index in [1.165, 1.54) is 13.2 Å². The summed E-state index contributed by atoms with van der Waals surface area (Å²) in [5, 5.41) is 13.2. The lowest BCUT2D eigenvalue weighted by Gasteiger charge is -2.49. The van der Waals surface area contributed by atoms with E-state index in [4.69, 9.17) is 27.9 Å². The zero-order valence-corrected chi connectivity index (χ0v) is 27.5. The Labute approximate surface area is 292 Å². The number of allylic oxidation sites excluding steroid dienone is 3. The Morgan fingerprint density at radius 2 is 1.80 bits per heavy atom. The molecule has 3 heterocycles. The van der Waals surface area contributed by atoms with E-state index in [-0.39, 0.29) is 30.2 Å². The quantitative estimate of drug-likeness (QED) is 0.210. The highest BCUT2D eigenvalue weighted by Crippen LogP contribution is 2.61. The van der Waals surface area contributed by atoms with Crippen LogP contribution in [0.3, 0.4) is 0 Å². The van der Waals surface area contributed by atoms with E-state index in [1.807, 2.05) is 6.08 Å². The van der Waals surface area contributed by atoms with Crippen molar-refractivity contribution in [3.05, 3.63) is 99.2 Å². The summed E-state index contributed by atoms with van der Waals surface area (Å²) in [6, 6.07) is 11.7. The number of phenolic OH excluding ortho intramolecular Hbond substituents is 1. The molecule has 1 aromatic heterocycles. The van der Waals surface area contributed by atoms with Gasteiger partial charge >= 0.3 is 6.18 Å². The number of rotatable bonds is 6. The van der Waals surface area contributed by atoms with Gasteiger partial charge in [-0.05, 0) is 60.2 Å². The standard InChI is InChI=1S/C35H27Cl2F3N4O6/c1-50-27-12-16(3-11-26(27)45)2-10-23-20-8-9-21-28(31(47)42-30(21)46)22(20)14-24-32(48)44(33(49)34(23,24)17-4-6-19(36)7-5-17)43-29-25(37)13-18(15-41-29)35(38,39)40/h2-8,10-13,15,21-24,28,45H,9,14H2,1H3,(H,41,43)(H,42,46,47)/t21-,22+,23-,24-,28-,34-/m0/s1. The van der Waals surface area contributed by atoms with Gasteiger partial charge in [0.1, 0.15) is 0 Å². The predicted molar refractivity (Wildman–Crippen MR) is 174 cm³/mol. The number of fused-ring (bicyclic) bond motifs is 4. The Balaban J connectivity index is 1.41. The molecule has 2 aliphatic heterocycles. The van der Waals surface area contributed by atoms with Crippen molar-refractivity contribution in [2.24, 2.45) is 29.6 Å². The van der Waals surface area contributed by atoms with Gasteiger partial charge < -0.3 is 9.84 Å². The number of pyridine rings is 1. The van der Waals surface area contributed by atoms with Crippen molar-refractivity contribution < 1.29 is 42.2 Å². The third-order valence-corrected chi connectivity index (χ3v) is 10.7. The molecule has 2 aliphatic carbocycles. The van der Waals surface area contributed by atoms with Crippen molar-refractivity contribution >= 4 is 58.7 Å². The molecule has 0 radical (unpaired) electrons. The van der Waals surface area contributed by atoms with Crippen LogP contribution in [0.15, 0.2) is 72.5 Å². The number of nitrogens with one attached hydrogen (secondary N) is 2. The molecule has 6 atom stereocenters. The van der Waals surface area contributed by atoms with Crippen molar-refractivity contribution in [2.75, 3.05) is 12.5 Å². The minimum atomic E-state index is -4.74. The molecule has 0 unspecified atom stereocenters. The molecule has 7 rings (SSSR count). The van der Waals surface area contributed by atoms with Crippen molar-refractivity contribution in [1.29, 1.82) is 0 Å². The van der Waals surface area contributed by atoms with E-state index in [0.29, 0.717) is 34.0 Å². The molecule has 0 bridgehead atoms. The first-order chi connectivity index (χ1) is 23.7. The lowest BCUT2D eigenvalue weighted by atomic mass is 9.50. The second-order valence-electron chi connectivity index (χ2n) is 12.6. The summed E-state index contributed by atoms with van der Waals surface area (Å²) in [6.07, 6.45) is 1.34. The zero-order valence-electron chi connectivity index (χ0n) is 26.0. The number of aromatic hydroxyl groups is 1. The number of ether oxygens (including phenoxy) is 1. The number of carbonyl (C=O) groups is 4. The van der Waals surface area contributed by atoms with Gasteiger partial charge in [-0.15, -0.1) is 0 Å². The third kappa shape index (κ3) is 5.21. The fraction of sp³-hybridized carbons (Fsp3) is 0.286. The van der Waals surface area contributed by atoms with Crippen molar-refractivity contribution in [2.45, 2.75) is 24.4 Å². The number of alkyl halides is 3. The molecule has 15 heteroatoms. The molecular formula is C35H27Cl2F3N4O6. The first kappa shape index (κ1) is 33.6. The molecule has 0 spiro atoms. The van der Waals surface area contributed by atoms with Gasteiger partial charge in [-0.25, -0.2) is 4.98 Å². The molecule has 1 saturated carbocycles. The van der Waals surface area contributed by atoms with Crippen LogP contribution in [-0.4, -0.2) is 45.8 Å². The SMILES string of the molecule is COc1cc(C=C[C@H]2C3=CC[C@@H]4C(=O)NC(=O)[C@@H]4[C@@H]3C[C@H]3C(=O)N(Nc4ncc(C(F)(F)F)cc4Cl)C(=O)[C@@]23c2ccc(Cl)cc2)ccc1O.